The molecule has 0 bridgehead atoms. The molecule has 2 rings (SSSR count). The Hall–Kier alpha value is -0.580. The molecule has 1 aromatic carbocycles. The van der Waals surface area contributed by atoms with E-state index in [9.17, 15) is 4.79 Å². The molecule has 1 aliphatic heterocycles. The van der Waals surface area contributed by atoms with Gasteiger partial charge in [-0.1, -0.05) is 27.5 Å². The molecular formula is C14H18BrClN2O. The number of carbonyl (C=O) groups excluding carboxylic acids is 1. The minimum Gasteiger partial charge on any atom is -0.325 e. The van der Waals surface area contributed by atoms with Crippen LogP contribution < -0.4 is 10.6 Å². The van der Waals surface area contributed by atoms with Gasteiger partial charge in [-0.15, -0.1) is 0 Å². The van der Waals surface area contributed by atoms with Crippen LogP contribution >= 0.6 is 27.5 Å². The summed E-state index contributed by atoms with van der Waals surface area (Å²) in [5.74, 6) is 0.656. The molecule has 5 heteroatoms. The minimum atomic E-state index is 0.0329. The molecule has 1 saturated heterocycles. The lowest BCUT2D eigenvalue weighted by Gasteiger charge is -2.22. The Morgan fingerprint density at radius 3 is 3.11 bits per heavy atom. The molecule has 1 amide bonds. The molecule has 3 nitrogen and oxygen atoms in total. The summed E-state index contributed by atoms with van der Waals surface area (Å²) < 4.78 is 0.906. The fourth-order valence-electron chi connectivity index (χ4n) is 2.31. The zero-order valence-corrected chi connectivity index (χ0v) is 13.1. The number of benzene rings is 1. The lowest BCUT2D eigenvalue weighted by Crippen LogP contribution is -2.30. The molecule has 2 N–H and O–H groups in total. The number of hydrogen-bond donors (Lipinski definition) is 2. The lowest BCUT2D eigenvalue weighted by atomic mass is 9.94. The second kappa shape index (κ2) is 7.27. The maximum atomic E-state index is 11.9. The summed E-state index contributed by atoms with van der Waals surface area (Å²) >= 11 is 9.41. The van der Waals surface area contributed by atoms with Gasteiger partial charge in [0.15, 0.2) is 0 Å². The van der Waals surface area contributed by atoms with Gasteiger partial charge in [0.05, 0.1) is 10.7 Å². The monoisotopic (exact) mass is 344 g/mol. The van der Waals surface area contributed by atoms with Gasteiger partial charge in [0.1, 0.15) is 0 Å². The number of hydrogen-bond acceptors (Lipinski definition) is 2. The first kappa shape index (κ1) is 14.8. The first-order valence-electron chi connectivity index (χ1n) is 6.61. The van der Waals surface area contributed by atoms with E-state index in [0.29, 0.717) is 23.0 Å². The van der Waals surface area contributed by atoms with Crippen LogP contribution in [0.3, 0.4) is 0 Å². The van der Waals surface area contributed by atoms with Crippen molar-refractivity contribution in [3.8, 4) is 0 Å². The third-order valence-corrected chi connectivity index (χ3v) is 4.20. The van der Waals surface area contributed by atoms with E-state index in [0.717, 1.165) is 24.0 Å². The Balaban J connectivity index is 1.81. The second-order valence-corrected chi connectivity index (χ2v) is 6.25. The highest BCUT2D eigenvalue weighted by Gasteiger charge is 2.15. The van der Waals surface area contributed by atoms with Crippen LogP contribution in [0.1, 0.15) is 25.7 Å². The highest BCUT2D eigenvalue weighted by molar-refractivity contribution is 9.10. The first-order valence-corrected chi connectivity index (χ1v) is 7.78. The van der Waals surface area contributed by atoms with Crippen molar-refractivity contribution in [1.82, 2.24) is 5.32 Å². The van der Waals surface area contributed by atoms with Crippen LogP contribution in [0, 0.1) is 5.92 Å². The molecule has 0 aliphatic carbocycles. The molecule has 1 atom stereocenters. The number of anilines is 1. The van der Waals surface area contributed by atoms with Gasteiger partial charge in [-0.3, -0.25) is 4.79 Å². The molecule has 0 spiro atoms. The summed E-state index contributed by atoms with van der Waals surface area (Å²) in [6.07, 6.45) is 3.92. The third kappa shape index (κ3) is 4.79. The van der Waals surface area contributed by atoms with Gasteiger partial charge in [0.25, 0.3) is 0 Å². The van der Waals surface area contributed by atoms with E-state index in [1.165, 1.54) is 12.8 Å². The number of rotatable bonds is 4. The molecule has 1 fully saturated rings. The predicted octanol–water partition coefficient (Wildman–Crippen LogP) is 3.82. The van der Waals surface area contributed by atoms with E-state index >= 15 is 0 Å². The van der Waals surface area contributed by atoms with Crippen molar-refractivity contribution in [2.75, 3.05) is 18.4 Å². The zero-order chi connectivity index (χ0) is 13.7. The summed E-state index contributed by atoms with van der Waals surface area (Å²) in [7, 11) is 0. The van der Waals surface area contributed by atoms with Gasteiger partial charge in [0.2, 0.25) is 5.91 Å². The van der Waals surface area contributed by atoms with E-state index in [4.69, 9.17) is 11.6 Å². The summed E-state index contributed by atoms with van der Waals surface area (Å²) in [5.41, 5.74) is 0.669. The van der Waals surface area contributed by atoms with Crippen LogP contribution in [0.5, 0.6) is 0 Å². The normalized spacial score (nSPS) is 19.2. The van der Waals surface area contributed by atoms with E-state index in [1.807, 2.05) is 12.1 Å². The molecule has 0 saturated carbocycles. The Morgan fingerprint density at radius 2 is 2.37 bits per heavy atom. The Bertz CT molecular complexity index is 447. The molecule has 0 aromatic heterocycles. The van der Waals surface area contributed by atoms with Gasteiger partial charge < -0.3 is 10.6 Å². The van der Waals surface area contributed by atoms with Crippen LogP contribution in [0.4, 0.5) is 5.69 Å². The maximum Gasteiger partial charge on any atom is 0.224 e. The van der Waals surface area contributed by atoms with Crippen molar-refractivity contribution >= 4 is 39.1 Å². The van der Waals surface area contributed by atoms with Crippen LogP contribution in [-0.4, -0.2) is 19.0 Å². The van der Waals surface area contributed by atoms with Crippen LogP contribution in [0.2, 0.25) is 5.02 Å². The van der Waals surface area contributed by atoms with Crippen LogP contribution in [-0.2, 0) is 4.79 Å². The van der Waals surface area contributed by atoms with Gasteiger partial charge in [0, 0.05) is 10.9 Å². The fraction of sp³-hybridized carbons (Fsp3) is 0.500. The standard InChI is InChI=1S/C14H18BrClN2O/c15-11-4-5-12(16)13(8-11)18-14(19)6-3-10-2-1-7-17-9-10/h4-5,8,10,17H,1-3,6-7,9H2,(H,18,19). The molecule has 1 aliphatic rings. The molecule has 1 aromatic rings. The smallest absolute Gasteiger partial charge is 0.224 e. The van der Waals surface area contributed by atoms with Gasteiger partial charge in [-0.25, -0.2) is 0 Å². The van der Waals surface area contributed by atoms with E-state index in [1.54, 1.807) is 6.07 Å². The third-order valence-electron chi connectivity index (χ3n) is 3.38. The molecule has 1 unspecified atom stereocenters. The van der Waals surface area contributed by atoms with Crippen LogP contribution in [0.25, 0.3) is 0 Å². The Morgan fingerprint density at radius 1 is 1.53 bits per heavy atom. The lowest BCUT2D eigenvalue weighted by molar-refractivity contribution is -0.116. The number of piperidine rings is 1. The van der Waals surface area contributed by atoms with E-state index in [-0.39, 0.29) is 5.91 Å². The van der Waals surface area contributed by atoms with Gasteiger partial charge >= 0.3 is 0 Å². The van der Waals surface area contributed by atoms with Gasteiger partial charge in [-0.2, -0.15) is 0 Å². The average Bonchev–Trinajstić information content (AvgIpc) is 2.42. The maximum absolute atomic E-state index is 11.9. The molecule has 1 heterocycles. The van der Waals surface area contributed by atoms with Crippen molar-refractivity contribution in [3.63, 3.8) is 0 Å². The number of nitrogens with one attached hydrogen (secondary N) is 2. The largest absolute Gasteiger partial charge is 0.325 e. The van der Waals surface area contributed by atoms with Crippen molar-refractivity contribution in [1.29, 1.82) is 0 Å². The van der Waals surface area contributed by atoms with Crippen LogP contribution in [0.15, 0.2) is 22.7 Å². The summed E-state index contributed by atoms with van der Waals surface area (Å²) in [6.45, 7) is 2.14. The summed E-state index contributed by atoms with van der Waals surface area (Å²) in [6, 6.07) is 5.44. The SMILES string of the molecule is O=C(CCC1CCCNC1)Nc1cc(Br)ccc1Cl. The number of carbonyl (C=O) groups is 1. The number of halogens is 2. The Labute approximate surface area is 127 Å². The van der Waals surface area contributed by atoms with Crippen molar-refractivity contribution in [3.05, 3.63) is 27.7 Å². The molecule has 104 valence electrons. The highest BCUT2D eigenvalue weighted by atomic mass is 79.9. The highest BCUT2D eigenvalue weighted by Crippen LogP contribution is 2.26. The van der Waals surface area contributed by atoms with Crippen molar-refractivity contribution < 1.29 is 4.79 Å². The van der Waals surface area contributed by atoms with Crippen molar-refractivity contribution in [2.24, 2.45) is 5.92 Å². The fourth-order valence-corrected chi connectivity index (χ4v) is 2.84. The topological polar surface area (TPSA) is 41.1 Å². The molecule has 19 heavy (non-hydrogen) atoms. The Kier molecular flexibility index (Phi) is 5.67. The predicted molar refractivity (Wildman–Crippen MR) is 82.6 cm³/mol. The van der Waals surface area contributed by atoms with E-state index in [2.05, 4.69) is 26.6 Å². The quantitative estimate of drug-likeness (QED) is 0.871. The second-order valence-electron chi connectivity index (χ2n) is 4.92. The van der Waals surface area contributed by atoms with Gasteiger partial charge in [-0.05, 0) is 56.5 Å². The summed E-state index contributed by atoms with van der Waals surface area (Å²) in [5, 5.41) is 6.80. The molecular weight excluding hydrogens is 328 g/mol. The minimum absolute atomic E-state index is 0.0329. The molecule has 0 radical (unpaired) electrons. The summed E-state index contributed by atoms with van der Waals surface area (Å²) in [4.78, 5) is 11.9. The van der Waals surface area contributed by atoms with Crippen molar-refractivity contribution in [2.45, 2.75) is 25.7 Å². The number of amides is 1. The van der Waals surface area contributed by atoms with E-state index < -0.39 is 0 Å². The first-order chi connectivity index (χ1) is 9.15. The zero-order valence-electron chi connectivity index (χ0n) is 10.7. The average molecular weight is 346 g/mol.